The number of hydrogen-bond donors (Lipinski definition) is 3. The number of hydrogen-bond acceptors (Lipinski definition) is 5. The molecule has 1 amide bonds. The number of aromatic nitrogens is 2. The van der Waals surface area contributed by atoms with Gasteiger partial charge in [0.15, 0.2) is 11.6 Å². The topological polar surface area (TPSA) is 118 Å². The first-order chi connectivity index (χ1) is 15.6. The van der Waals surface area contributed by atoms with Crippen molar-refractivity contribution in [2.45, 2.75) is 45.1 Å². The fourth-order valence-electron chi connectivity index (χ4n) is 3.37. The van der Waals surface area contributed by atoms with Gasteiger partial charge in [-0.3, -0.25) is 14.4 Å². The van der Waals surface area contributed by atoms with Crippen LogP contribution in [-0.2, 0) is 6.42 Å². The lowest BCUT2D eigenvalue weighted by atomic mass is 9.97. The zero-order valence-corrected chi connectivity index (χ0v) is 19.4. The molecule has 1 aromatic heterocycles. The normalized spacial score (nSPS) is 11.3. The summed E-state index contributed by atoms with van der Waals surface area (Å²) in [6, 6.07) is 13.8. The Morgan fingerprint density at radius 2 is 1.76 bits per heavy atom. The number of rotatable bonds is 10. The molecule has 0 fully saturated rings. The van der Waals surface area contributed by atoms with Crippen LogP contribution in [0.5, 0.6) is 0 Å². The largest absolute Gasteiger partial charge is 0.340 e. The van der Waals surface area contributed by atoms with E-state index < -0.39 is 5.91 Å². The fourth-order valence-corrected chi connectivity index (χ4v) is 3.61. The van der Waals surface area contributed by atoms with E-state index in [1.165, 1.54) is 6.33 Å². The lowest BCUT2D eigenvalue weighted by Crippen LogP contribution is -2.31. The predicted molar refractivity (Wildman–Crippen MR) is 129 cm³/mol. The molecule has 0 saturated heterocycles. The molecule has 0 aliphatic heterocycles. The summed E-state index contributed by atoms with van der Waals surface area (Å²) < 4.78 is 0. The first kappa shape index (κ1) is 24.4. The summed E-state index contributed by atoms with van der Waals surface area (Å²) >= 11 is 6.09. The summed E-state index contributed by atoms with van der Waals surface area (Å²) in [4.78, 5) is 44.5. The lowest BCUT2D eigenvalue weighted by Gasteiger charge is -2.17. The summed E-state index contributed by atoms with van der Waals surface area (Å²) in [5.41, 5.74) is 7.63. The number of halogens is 1. The second-order valence-electron chi connectivity index (χ2n) is 8.62. The van der Waals surface area contributed by atoms with Gasteiger partial charge >= 0.3 is 0 Å². The molecule has 0 aliphatic carbocycles. The number of H-pyrrole nitrogens is 1. The van der Waals surface area contributed by atoms with Crippen LogP contribution in [0, 0.1) is 0 Å². The first-order valence-electron chi connectivity index (χ1n) is 10.7. The minimum atomic E-state index is -0.463. The summed E-state index contributed by atoms with van der Waals surface area (Å²) in [6.07, 6.45) is 3.09. The lowest BCUT2D eigenvalue weighted by molar-refractivity contribution is 0.0955. The van der Waals surface area contributed by atoms with Crippen LogP contribution in [-0.4, -0.2) is 33.0 Å². The standard InChI is InChI=1S/C25H27ClN4O3/c1-25(2,27)13-5-8-20(31)22-23(29-15-28-22)24(33)30-17-11-9-16(10-12-17)14-21(32)18-6-3-4-7-19(18)26/h3-4,6-7,9-12,15H,5,8,13-14,27H2,1-2H3,(H,28,29)(H,30,33). The zero-order chi connectivity index (χ0) is 24.0. The molecule has 0 radical (unpaired) electrons. The molecule has 7 nitrogen and oxygen atoms in total. The number of carbonyl (C=O) groups excluding carboxylic acids is 3. The zero-order valence-electron chi connectivity index (χ0n) is 18.7. The van der Waals surface area contributed by atoms with Crippen molar-refractivity contribution in [2.75, 3.05) is 5.32 Å². The highest BCUT2D eigenvalue weighted by molar-refractivity contribution is 6.34. The van der Waals surface area contributed by atoms with Gasteiger partial charge in [0.2, 0.25) is 0 Å². The Morgan fingerprint density at radius 1 is 1.06 bits per heavy atom. The average Bonchev–Trinajstić information content (AvgIpc) is 3.25. The van der Waals surface area contributed by atoms with E-state index in [4.69, 9.17) is 17.3 Å². The number of imidazole rings is 1. The number of Topliss-reactive ketones (excluding diaryl/α,β-unsaturated/α-hetero) is 2. The molecule has 3 rings (SSSR count). The number of anilines is 1. The minimum absolute atomic E-state index is 0.0870. The Kier molecular flexibility index (Phi) is 7.79. The monoisotopic (exact) mass is 466 g/mol. The highest BCUT2D eigenvalue weighted by atomic mass is 35.5. The van der Waals surface area contributed by atoms with Crippen molar-refractivity contribution in [2.24, 2.45) is 5.73 Å². The second kappa shape index (κ2) is 10.6. The van der Waals surface area contributed by atoms with E-state index >= 15 is 0 Å². The molecular formula is C25H27ClN4O3. The molecule has 33 heavy (non-hydrogen) atoms. The van der Waals surface area contributed by atoms with Crippen molar-refractivity contribution < 1.29 is 14.4 Å². The molecule has 0 spiro atoms. The van der Waals surface area contributed by atoms with Gasteiger partial charge in [-0.2, -0.15) is 0 Å². The van der Waals surface area contributed by atoms with E-state index in [9.17, 15) is 14.4 Å². The maximum atomic E-state index is 12.7. The smallest absolute Gasteiger partial charge is 0.274 e. The Bertz CT molecular complexity index is 1150. The van der Waals surface area contributed by atoms with Gasteiger partial charge in [0, 0.05) is 29.6 Å². The predicted octanol–water partition coefficient (Wildman–Crippen LogP) is 4.83. The van der Waals surface area contributed by atoms with Gasteiger partial charge in [0.05, 0.1) is 11.3 Å². The fraction of sp³-hybridized carbons (Fsp3) is 0.280. The maximum Gasteiger partial charge on any atom is 0.274 e. The quantitative estimate of drug-likeness (QED) is 0.370. The maximum absolute atomic E-state index is 12.7. The SMILES string of the molecule is CC(C)(N)CCCC(=O)c1nc[nH]c1C(=O)Nc1ccc(CC(=O)c2ccccc2Cl)cc1. The summed E-state index contributed by atoms with van der Waals surface area (Å²) in [6.45, 7) is 3.81. The number of ketones is 2. The highest BCUT2D eigenvalue weighted by Crippen LogP contribution is 2.19. The summed E-state index contributed by atoms with van der Waals surface area (Å²) in [5, 5.41) is 3.17. The van der Waals surface area contributed by atoms with Gasteiger partial charge in [0.25, 0.3) is 5.91 Å². The molecule has 0 aliphatic rings. The number of nitrogens with zero attached hydrogens (tertiary/aromatic N) is 1. The van der Waals surface area contributed by atoms with E-state index in [-0.39, 0.29) is 41.3 Å². The third kappa shape index (κ3) is 6.84. The first-order valence-corrected chi connectivity index (χ1v) is 11.1. The van der Waals surface area contributed by atoms with Crippen LogP contribution in [0.1, 0.15) is 70.0 Å². The minimum Gasteiger partial charge on any atom is -0.340 e. The second-order valence-corrected chi connectivity index (χ2v) is 9.03. The third-order valence-corrected chi connectivity index (χ3v) is 5.44. The molecule has 1 heterocycles. The van der Waals surface area contributed by atoms with Crippen molar-refractivity contribution >= 4 is 34.8 Å². The molecule has 0 atom stereocenters. The number of benzene rings is 2. The third-order valence-electron chi connectivity index (χ3n) is 5.11. The molecule has 0 unspecified atom stereocenters. The van der Waals surface area contributed by atoms with Crippen LogP contribution < -0.4 is 11.1 Å². The summed E-state index contributed by atoms with van der Waals surface area (Å²) in [5.74, 6) is -0.759. The Hall–Kier alpha value is -3.29. The molecule has 3 aromatic rings. The van der Waals surface area contributed by atoms with E-state index in [0.717, 1.165) is 5.56 Å². The number of nitrogens with two attached hydrogens (primary N) is 1. The van der Waals surface area contributed by atoms with E-state index in [1.807, 2.05) is 13.8 Å². The van der Waals surface area contributed by atoms with Gasteiger partial charge in [-0.1, -0.05) is 35.9 Å². The number of carbonyl (C=O) groups is 3. The van der Waals surface area contributed by atoms with Crippen LogP contribution in [0.2, 0.25) is 5.02 Å². The molecular weight excluding hydrogens is 440 g/mol. The molecule has 0 bridgehead atoms. The Morgan fingerprint density at radius 3 is 2.42 bits per heavy atom. The van der Waals surface area contributed by atoms with E-state index in [2.05, 4.69) is 15.3 Å². The van der Waals surface area contributed by atoms with Crippen molar-refractivity contribution in [3.63, 3.8) is 0 Å². The molecule has 4 N–H and O–H groups in total. The van der Waals surface area contributed by atoms with Crippen molar-refractivity contribution in [3.05, 3.63) is 82.4 Å². The van der Waals surface area contributed by atoms with Crippen LogP contribution in [0.3, 0.4) is 0 Å². The average molecular weight is 467 g/mol. The number of nitrogens with one attached hydrogen (secondary N) is 2. The van der Waals surface area contributed by atoms with Crippen molar-refractivity contribution in [3.8, 4) is 0 Å². The Labute approximate surface area is 197 Å². The molecule has 172 valence electrons. The molecule has 0 saturated carbocycles. The van der Waals surface area contributed by atoms with Gasteiger partial charge in [-0.05, 0) is 56.5 Å². The van der Waals surface area contributed by atoms with Crippen LogP contribution in [0.15, 0.2) is 54.9 Å². The van der Waals surface area contributed by atoms with Crippen LogP contribution in [0.25, 0.3) is 0 Å². The molecule has 2 aromatic carbocycles. The summed E-state index contributed by atoms with van der Waals surface area (Å²) in [7, 11) is 0. The number of amides is 1. The van der Waals surface area contributed by atoms with E-state index in [0.29, 0.717) is 29.1 Å². The van der Waals surface area contributed by atoms with Gasteiger partial charge < -0.3 is 16.0 Å². The van der Waals surface area contributed by atoms with Crippen LogP contribution >= 0.6 is 11.6 Å². The molecule has 8 heteroatoms. The Balaban J connectivity index is 1.60. The van der Waals surface area contributed by atoms with Crippen molar-refractivity contribution in [1.29, 1.82) is 0 Å². The van der Waals surface area contributed by atoms with Crippen molar-refractivity contribution in [1.82, 2.24) is 9.97 Å². The van der Waals surface area contributed by atoms with Gasteiger partial charge in [0.1, 0.15) is 11.4 Å². The van der Waals surface area contributed by atoms with Gasteiger partial charge in [-0.15, -0.1) is 0 Å². The van der Waals surface area contributed by atoms with Gasteiger partial charge in [-0.25, -0.2) is 4.98 Å². The highest BCUT2D eigenvalue weighted by Gasteiger charge is 2.21. The number of aromatic amines is 1. The van der Waals surface area contributed by atoms with E-state index in [1.54, 1.807) is 48.5 Å². The van der Waals surface area contributed by atoms with Crippen LogP contribution in [0.4, 0.5) is 5.69 Å².